The number of para-hydroxylation sites is 1. The van der Waals surface area contributed by atoms with Crippen molar-refractivity contribution < 1.29 is 37.0 Å². The third-order valence-corrected chi connectivity index (χ3v) is 8.42. The number of hydrogen-bond acceptors (Lipinski definition) is 5. The Morgan fingerprint density at radius 3 is 1.95 bits per heavy atom. The smallest absolute Gasteiger partial charge is 0.430 e. The molecule has 10 heteroatoms. The Bertz CT molecular complexity index is 1220. The molecule has 0 saturated carbocycles. The van der Waals surface area contributed by atoms with Gasteiger partial charge in [0.25, 0.3) is 11.5 Å². The molecule has 224 valence electrons. The molecule has 2 fully saturated rings. The van der Waals surface area contributed by atoms with Gasteiger partial charge in [-0.3, -0.25) is 4.79 Å². The van der Waals surface area contributed by atoms with E-state index in [9.17, 15) is 22.8 Å². The van der Waals surface area contributed by atoms with E-state index in [0.29, 0.717) is 38.1 Å². The Balaban J connectivity index is 1.63. The highest BCUT2D eigenvalue weighted by atomic mass is 19.4. The van der Waals surface area contributed by atoms with E-state index in [2.05, 4.69) is 0 Å². The van der Waals surface area contributed by atoms with E-state index in [0.717, 1.165) is 12.7 Å². The molecule has 2 aromatic rings. The van der Waals surface area contributed by atoms with Gasteiger partial charge < -0.3 is 24.0 Å². The first-order valence-electron chi connectivity index (χ1n) is 13.9. The fourth-order valence-corrected chi connectivity index (χ4v) is 6.29. The Labute approximate surface area is 239 Å². The standard InChI is InChI=1S/C31H39F3N2O5/c1-28(2,3)41-27(38)36-20-17-29(24(21-36)23-13-9-10-14-25(23)39-4)15-18-35(19-16-29)26(37)30(40-5,31(32,33)34)22-11-7-6-8-12-22/h6-14,24H,15-21H2,1-5H3/t24?,30-/m1/s1. The Morgan fingerprint density at radius 1 is 0.854 bits per heavy atom. The summed E-state index contributed by atoms with van der Waals surface area (Å²) in [5.74, 6) is -0.601. The maximum absolute atomic E-state index is 14.6. The molecule has 2 heterocycles. The topological polar surface area (TPSA) is 68.3 Å². The summed E-state index contributed by atoms with van der Waals surface area (Å²) in [6.45, 7) is 6.53. The molecular formula is C31H39F3N2O5. The van der Waals surface area contributed by atoms with E-state index in [1.807, 2.05) is 45.0 Å². The van der Waals surface area contributed by atoms with E-state index in [-0.39, 0.29) is 30.0 Å². The lowest BCUT2D eigenvalue weighted by Crippen LogP contribution is -2.60. The van der Waals surface area contributed by atoms with Crippen molar-refractivity contribution in [1.29, 1.82) is 0 Å². The Kier molecular flexibility index (Phi) is 8.64. The van der Waals surface area contributed by atoms with Crippen LogP contribution in [0, 0.1) is 5.41 Å². The summed E-state index contributed by atoms with van der Waals surface area (Å²) in [5.41, 5.74) is -3.43. The van der Waals surface area contributed by atoms with Crippen LogP contribution in [0.5, 0.6) is 5.75 Å². The third kappa shape index (κ3) is 5.89. The number of ether oxygens (including phenoxy) is 3. The number of hydrogen-bond donors (Lipinski definition) is 0. The van der Waals surface area contributed by atoms with E-state index in [4.69, 9.17) is 14.2 Å². The van der Waals surface area contributed by atoms with Crippen LogP contribution in [-0.4, -0.2) is 74.0 Å². The zero-order valence-corrected chi connectivity index (χ0v) is 24.3. The predicted octanol–water partition coefficient (Wildman–Crippen LogP) is 6.13. The Hall–Kier alpha value is -3.27. The average molecular weight is 577 g/mol. The van der Waals surface area contributed by atoms with Crippen LogP contribution in [0.15, 0.2) is 54.6 Å². The van der Waals surface area contributed by atoms with Crippen LogP contribution in [-0.2, 0) is 19.9 Å². The van der Waals surface area contributed by atoms with Crippen LogP contribution < -0.4 is 4.74 Å². The Morgan fingerprint density at radius 2 is 1.41 bits per heavy atom. The highest BCUT2D eigenvalue weighted by molar-refractivity contribution is 5.88. The molecule has 0 N–H and O–H groups in total. The second-order valence-corrected chi connectivity index (χ2v) is 11.9. The van der Waals surface area contributed by atoms with Crippen LogP contribution in [0.3, 0.4) is 0 Å². The van der Waals surface area contributed by atoms with Crippen molar-refractivity contribution in [2.24, 2.45) is 5.41 Å². The molecule has 1 spiro atoms. The van der Waals surface area contributed by atoms with Gasteiger partial charge in [-0.1, -0.05) is 48.5 Å². The quantitative estimate of drug-likeness (QED) is 0.428. The van der Waals surface area contributed by atoms with Gasteiger partial charge in [0, 0.05) is 44.8 Å². The number of likely N-dealkylation sites (tertiary alicyclic amines) is 2. The second kappa shape index (κ2) is 11.5. The number of benzene rings is 2. The van der Waals surface area contributed by atoms with Gasteiger partial charge in [0.15, 0.2) is 0 Å². The number of methoxy groups -OCH3 is 2. The minimum atomic E-state index is -4.96. The molecule has 2 amide bonds. The average Bonchev–Trinajstić information content (AvgIpc) is 2.93. The van der Waals surface area contributed by atoms with E-state index in [1.54, 1.807) is 18.1 Å². The van der Waals surface area contributed by atoms with Crippen LogP contribution in [0.4, 0.5) is 18.0 Å². The van der Waals surface area contributed by atoms with E-state index < -0.39 is 29.4 Å². The van der Waals surface area contributed by atoms with Crippen LogP contribution >= 0.6 is 0 Å². The van der Waals surface area contributed by atoms with Crippen molar-refractivity contribution in [3.63, 3.8) is 0 Å². The minimum Gasteiger partial charge on any atom is -0.496 e. The number of halogens is 3. The summed E-state index contributed by atoms with van der Waals surface area (Å²) in [6.07, 6.45) is -3.82. The van der Waals surface area contributed by atoms with Crippen molar-refractivity contribution in [2.45, 2.75) is 63.3 Å². The first-order valence-corrected chi connectivity index (χ1v) is 13.9. The van der Waals surface area contributed by atoms with Gasteiger partial charge in [0.1, 0.15) is 11.4 Å². The van der Waals surface area contributed by atoms with Crippen LogP contribution in [0.25, 0.3) is 0 Å². The van der Waals surface area contributed by atoms with Gasteiger partial charge in [0.2, 0.25) is 0 Å². The number of nitrogens with zero attached hydrogens (tertiary/aromatic N) is 2. The summed E-state index contributed by atoms with van der Waals surface area (Å²) in [6, 6.07) is 14.7. The first-order chi connectivity index (χ1) is 19.3. The molecule has 2 saturated heterocycles. The minimum absolute atomic E-state index is 0.130. The van der Waals surface area contributed by atoms with Crippen molar-refractivity contribution in [2.75, 3.05) is 40.4 Å². The summed E-state index contributed by atoms with van der Waals surface area (Å²) in [5, 5.41) is 0. The maximum atomic E-state index is 14.6. The SMILES string of the molecule is COc1ccccc1C1CN(C(=O)OC(C)(C)C)CCC12CCN(C(=O)[C@](OC)(c1ccccc1)C(F)(F)F)CC2. The van der Waals surface area contributed by atoms with Gasteiger partial charge in [0.05, 0.1) is 7.11 Å². The number of rotatable bonds is 5. The lowest BCUT2D eigenvalue weighted by atomic mass is 9.62. The molecule has 1 unspecified atom stereocenters. The van der Waals surface area contributed by atoms with E-state index >= 15 is 0 Å². The summed E-state index contributed by atoms with van der Waals surface area (Å²) >= 11 is 0. The second-order valence-electron chi connectivity index (χ2n) is 11.9. The summed E-state index contributed by atoms with van der Waals surface area (Å²) in [7, 11) is 2.51. The van der Waals surface area contributed by atoms with Crippen molar-refractivity contribution in [3.8, 4) is 5.75 Å². The largest absolute Gasteiger partial charge is 0.496 e. The molecule has 0 aromatic heterocycles. The number of carbonyl (C=O) groups is 2. The number of amides is 2. The number of alkyl halides is 3. The fraction of sp³-hybridized carbons (Fsp3) is 0.548. The monoisotopic (exact) mass is 576 g/mol. The van der Waals surface area contributed by atoms with Gasteiger partial charge >= 0.3 is 12.3 Å². The first kappa shape index (κ1) is 30.7. The van der Waals surface area contributed by atoms with Crippen molar-refractivity contribution in [1.82, 2.24) is 9.80 Å². The maximum Gasteiger partial charge on any atom is 0.430 e. The number of piperidine rings is 2. The zero-order valence-electron chi connectivity index (χ0n) is 24.3. The fourth-order valence-electron chi connectivity index (χ4n) is 6.29. The predicted molar refractivity (Wildman–Crippen MR) is 148 cm³/mol. The van der Waals surface area contributed by atoms with Gasteiger partial charge in [-0.05, 0) is 57.1 Å². The van der Waals surface area contributed by atoms with Crippen molar-refractivity contribution >= 4 is 12.0 Å². The van der Waals surface area contributed by atoms with Crippen molar-refractivity contribution in [3.05, 3.63) is 65.7 Å². The molecule has 0 aliphatic carbocycles. The number of carbonyl (C=O) groups excluding carboxylic acids is 2. The molecule has 2 aliphatic rings. The highest BCUT2D eigenvalue weighted by Crippen LogP contribution is 2.53. The lowest BCUT2D eigenvalue weighted by Gasteiger charge is -2.52. The van der Waals surface area contributed by atoms with Gasteiger partial charge in [-0.2, -0.15) is 13.2 Å². The van der Waals surface area contributed by atoms with Crippen LogP contribution in [0.2, 0.25) is 0 Å². The molecule has 2 aromatic carbocycles. The van der Waals surface area contributed by atoms with E-state index in [1.165, 1.54) is 29.2 Å². The highest BCUT2D eigenvalue weighted by Gasteiger charge is 2.64. The van der Waals surface area contributed by atoms with Crippen LogP contribution in [0.1, 0.15) is 57.1 Å². The summed E-state index contributed by atoms with van der Waals surface area (Å²) in [4.78, 5) is 29.7. The normalized spacial score (nSPS) is 20.8. The molecule has 41 heavy (non-hydrogen) atoms. The molecule has 7 nitrogen and oxygen atoms in total. The van der Waals surface area contributed by atoms with Gasteiger partial charge in [-0.25, -0.2) is 4.79 Å². The molecule has 0 radical (unpaired) electrons. The van der Waals surface area contributed by atoms with Gasteiger partial charge in [-0.15, -0.1) is 0 Å². The summed E-state index contributed by atoms with van der Waals surface area (Å²) < 4.78 is 60.1. The third-order valence-electron chi connectivity index (χ3n) is 8.42. The molecule has 2 atom stereocenters. The molecule has 2 aliphatic heterocycles. The lowest BCUT2D eigenvalue weighted by molar-refractivity contribution is -0.271. The molecular weight excluding hydrogens is 537 g/mol. The zero-order chi connectivity index (χ0) is 30.1. The molecule has 0 bridgehead atoms. The molecule has 4 rings (SSSR count).